The number of aromatic nitrogens is 1. The number of nitrogens with zero attached hydrogens (tertiary/aromatic N) is 3. The molecule has 2 aliphatic rings. The first-order valence-corrected chi connectivity index (χ1v) is 12.2. The predicted molar refractivity (Wildman–Crippen MR) is 135 cm³/mol. The van der Waals surface area contributed by atoms with Crippen LogP contribution >= 0.6 is 0 Å². The summed E-state index contributed by atoms with van der Waals surface area (Å²) >= 11 is 0. The number of pyridine rings is 1. The molecule has 4 rings (SSSR count). The molecule has 1 amide bonds. The molecule has 0 unspecified atom stereocenters. The molecule has 1 fully saturated rings. The fourth-order valence-corrected chi connectivity index (χ4v) is 5.10. The van der Waals surface area contributed by atoms with Crippen molar-refractivity contribution in [3.8, 4) is 11.1 Å². The second-order valence-electron chi connectivity index (χ2n) is 11.9. The van der Waals surface area contributed by atoms with Crippen LogP contribution in [0.5, 0.6) is 0 Å². The lowest BCUT2D eigenvalue weighted by molar-refractivity contribution is 0.0240. The van der Waals surface area contributed by atoms with Gasteiger partial charge in [0.1, 0.15) is 5.60 Å². The van der Waals surface area contributed by atoms with Gasteiger partial charge < -0.3 is 14.5 Å². The van der Waals surface area contributed by atoms with Gasteiger partial charge in [-0.1, -0.05) is 45.9 Å². The Morgan fingerprint density at radius 3 is 2.21 bits per heavy atom. The Labute approximate surface area is 199 Å². The average Bonchev–Trinajstić information content (AvgIpc) is 2.76. The van der Waals surface area contributed by atoms with E-state index in [0.717, 1.165) is 18.7 Å². The molecule has 1 aromatic heterocycles. The van der Waals surface area contributed by atoms with Gasteiger partial charge in [0.2, 0.25) is 0 Å². The highest BCUT2D eigenvalue weighted by Gasteiger charge is 2.37. The zero-order valence-electron chi connectivity index (χ0n) is 21.4. The zero-order valence-corrected chi connectivity index (χ0v) is 21.4. The third-order valence-corrected chi connectivity index (χ3v) is 7.23. The third kappa shape index (κ3) is 4.87. The van der Waals surface area contributed by atoms with Crippen LogP contribution in [0.3, 0.4) is 0 Å². The van der Waals surface area contributed by atoms with Crippen LogP contribution in [0.15, 0.2) is 36.7 Å². The highest BCUT2D eigenvalue weighted by atomic mass is 16.6. The maximum atomic E-state index is 12.5. The highest BCUT2D eigenvalue weighted by Crippen LogP contribution is 2.47. The largest absolute Gasteiger partial charge is 0.444 e. The minimum Gasteiger partial charge on any atom is -0.444 e. The smallest absolute Gasteiger partial charge is 0.410 e. The normalized spacial score (nSPS) is 19.7. The lowest BCUT2D eigenvalue weighted by atomic mass is 9.63. The van der Waals surface area contributed by atoms with Crippen molar-refractivity contribution in [1.29, 1.82) is 0 Å². The zero-order chi connectivity index (χ0) is 24.0. The number of benzene rings is 1. The molecule has 0 atom stereocenters. The second-order valence-corrected chi connectivity index (χ2v) is 11.9. The summed E-state index contributed by atoms with van der Waals surface area (Å²) < 4.78 is 5.56. The Hall–Kier alpha value is -2.56. The molecule has 1 saturated heterocycles. The lowest BCUT2D eigenvalue weighted by Crippen LogP contribution is -2.50. The van der Waals surface area contributed by atoms with Crippen molar-refractivity contribution in [1.82, 2.24) is 9.88 Å². The molecular formula is C28H39N3O2. The number of ether oxygens (including phenoxy) is 1. The van der Waals surface area contributed by atoms with Crippen LogP contribution in [0.4, 0.5) is 10.5 Å². The highest BCUT2D eigenvalue weighted by molar-refractivity contribution is 5.79. The minimum atomic E-state index is -0.471. The fraction of sp³-hybridized carbons (Fsp3) is 0.571. The lowest BCUT2D eigenvalue weighted by Gasteiger charge is -2.42. The van der Waals surface area contributed by atoms with E-state index in [9.17, 15) is 4.79 Å². The van der Waals surface area contributed by atoms with E-state index < -0.39 is 5.60 Å². The molecule has 0 spiro atoms. The van der Waals surface area contributed by atoms with Crippen LogP contribution in [-0.2, 0) is 15.6 Å². The first-order valence-electron chi connectivity index (χ1n) is 12.2. The molecule has 5 heteroatoms. The van der Waals surface area contributed by atoms with Crippen molar-refractivity contribution in [2.75, 3.05) is 31.1 Å². The number of carbonyl (C=O) groups is 1. The standard InChI is InChI=1S/C28H39N3O2/c1-26(2,3)33-25(32)31-16-14-30(15-17-31)24-10-13-29-19-21(24)20-8-9-22-23(18-20)28(6,7)12-11-27(22,4)5/h8-10,13,18-19H,11-12,14-17H2,1-7H3. The molecular weight excluding hydrogens is 410 g/mol. The molecule has 2 heterocycles. The van der Waals surface area contributed by atoms with Crippen molar-refractivity contribution < 1.29 is 9.53 Å². The summed E-state index contributed by atoms with van der Waals surface area (Å²) in [6, 6.07) is 9.10. The quantitative estimate of drug-likeness (QED) is 0.551. The van der Waals surface area contributed by atoms with E-state index in [1.54, 1.807) is 0 Å². The van der Waals surface area contributed by atoms with Crippen molar-refractivity contribution in [2.45, 2.75) is 77.7 Å². The number of hydrogen-bond donors (Lipinski definition) is 0. The van der Waals surface area contributed by atoms with E-state index in [-0.39, 0.29) is 16.9 Å². The Bertz CT molecular complexity index is 1030. The molecule has 0 bridgehead atoms. The molecule has 178 valence electrons. The average molecular weight is 450 g/mol. The summed E-state index contributed by atoms with van der Waals surface area (Å²) in [4.78, 5) is 21.1. The summed E-state index contributed by atoms with van der Waals surface area (Å²) in [5.41, 5.74) is 6.40. The van der Waals surface area contributed by atoms with Gasteiger partial charge in [-0.2, -0.15) is 0 Å². The minimum absolute atomic E-state index is 0.169. The van der Waals surface area contributed by atoms with Gasteiger partial charge >= 0.3 is 6.09 Å². The van der Waals surface area contributed by atoms with Gasteiger partial charge in [0.15, 0.2) is 0 Å². The van der Waals surface area contributed by atoms with Gasteiger partial charge in [-0.3, -0.25) is 4.98 Å². The summed E-state index contributed by atoms with van der Waals surface area (Å²) in [6.07, 6.45) is 6.04. The monoisotopic (exact) mass is 449 g/mol. The number of fused-ring (bicyclic) bond motifs is 1. The number of piperazine rings is 1. The van der Waals surface area contributed by atoms with Gasteiger partial charge in [0.25, 0.3) is 0 Å². The van der Waals surface area contributed by atoms with Crippen molar-refractivity contribution in [2.24, 2.45) is 0 Å². The van der Waals surface area contributed by atoms with E-state index in [2.05, 4.69) is 61.8 Å². The Balaban J connectivity index is 1.59. The van der Waals surface area contributed by atoms with Crippen LogP contribution in [0.2, 0.25) is 0 Å². The van der Waals surface area contributed by atoms with E-state index in [1.165, 1.54) is 35.2 Å². The predicted octanol–water partition coefficient (Wildman–Crippen LogP) is 6.15. The fourth-order valence-electron chi connectivity index (χ4n) is 5.10. The number of carbonyl (C=O) groups excluding carboxylic acids is 1. The molecule has 0 radical (unpaired) electrons. The Morgan fingerprint density at radius 1 is 0.939 bits per heavy atom. The second kappa shape index (κ2) is 8.34. The molecule has 1 aliphatic heterocycles. The Morgan fingerprint density at radius 2 is 1.58 bits per heavy atom. The summed E-state index contributed by atoms with van der Waals surface area (Å²) in [5, 5.41) is 0. The number of rotatable bonds is 2. The van der Waals surface area contributed by atoms with E-state index in [4.69, 9.17) is 4.74 Å². The third-order valence-electron chi connectivity index (χ3n) is 7.23. The SMILES string of the molecule is CC(C)(C)OC(=O)N1CCN(c2ccncc2-c2ccc3c(c2)C(C)(C)CCC3(C)C)CC1. The van der Waals surface area contributed by atoms with Crippen LogP contribution in [0.1, 0.15) is 72.4 Å². The van der Waals surface area contributed by atoms with Crippen molar-refractivity contribution >= 4 is 11.8 Å². The van der Waals surface area contributed by atoms with Crippen LogP contribution < -0.4 is 4.90 Å². The maximum absolute atomic E-state index is 12.5. The van der Waals surface area contributed by atoms with Gasteiger partial charge in [-0.25, -0.2) is 4.79 Å². The van der Waals surface area contributed by atoms with Crippen molar-refractivity contribution in [3.63, 3.8) is 0 Å². The molecule has 1 aromatic carbocycles. The van der Waals surface area contributed by atoms with Crippen LogP contribution in [0, 0.1) is 0 Å². The number of amides is 1. The summed E-state index contributed by atoms with van der Waals surface area (Å²) in [5.74, 6) is 0. The van der Waals surface area contributed by atoms with E-state index in [0.29, 0.717) is 13.1 Å². The first kappa shape index (κ1) is 23.6. The maximum Gasteiger partial charge on any atom is 0.410 e. The molecule has 0 N–H and O–H groups in total. The number of hydrogen-bond acceptors (Lipinski definition) is 4. The Kier molecular flexibility index (Phi) is 5.96. The van der Waals surface area contributed by atoms with Crippen LogP contribution in [0.25, 0.3) is 11.1 Å². The number of anilines is 1. The molecule has 5 nitrogen and oxygen atoms in total. The first-order chi connectivity index (χ1) is 15.4. The molecule has 2 aromatic rings. The van der Waals surface area contributed by atoms with E-state index >= 15 is 0 Å². The van der Waals surface area contributed by atoms with Gasteiger partial charge in [0, 0.05) is 49.8 Å². The van der Waals surface area contributed by atoms with Gasteiger partial charge in [-0.15, -0.1) is 0 Å². The summed E-state index contributed by atoms with van der Waals surface area (Å²) in [7, 11) is 0. The molecule has 1 aliphatic carbocycles. The van der Waals surface area contributed by atoms with Crippen LogP contribution in [-0.4, -0.2) is 47.8 Å². The van der Waals surface area contributed by atoms with Crippen molar-refractivity contribution in [3.05, 3.63) is 47.8 Å². The topological polar surface area (TPSA) is 45.7 Å². The molecule has 0 saturated carbocycles. The molecule has 33 heavy (non-hydrogen) atoms. The van der Waals surface area contributed by atoms with Gasteiger partial charge in [-0.05, 0) is 67.2 Å². The summed E-state index contributed by atoms with van der Waals surface area (Å²) in [6.45, 7) is 18.0. The van der Waals surface area contributed by atoms with Gasteiger partial charge in [0.05, 0.1) is 0 Å². The van der Waals surface area contributed by atoms with E-state index in [1.807, 2.05) is 38.1 Å².